The molecule has 0 radical (unpaired) electrons. The second-order valence-electron chi connectivity index (χ2n) is 7.36. The summed E-state index contributed by atoms with van der Waals surface area (Å²) in [6, 6.07) is -0.200. The summed E-state index contributed by atoms with van der Waals surface area (Å²) in [7, 11) is 0. The smallest absolute Gasteiger partial charge is 0.334 e. The molecular formula is C15H28N2O2. The van der Waals surface area contributed by atoms with Gasteiger partial charge in [-0.3, -0.25) is 9.96 Å². The minimum atomic E-state index is -0.667. The number of hydroxylamine groups is 3. The minimum absolute atomic E-state index is 0.122. The molecule has 4 heteroatoms. The number of nitrogens with zero attached hydrogens (tertiary/aromatic N) is 1. The van der Waals surface area contributed by atoms with Crippen LogP contribution in [0.5, 0.6) is 0 Å². The Morgan fingerprint density at radius 1 is 1.16 bits per heavy atom. The summed E-state index contributed by atoms with van der Waals surface area (Å²) in [6.45, 7) is 8.19. The first-order chi connectivity index (χ1) is 8.72. The molecule has 1 spiro atoms. The number of rotatable bonds is 1. The van der Waals surface area contributed by atoms with E-state index in [0.717, 1.165) is 25.7 Å². The first-order valence-electron chi connectivity index (χ1n) is 7.65. The third kappa shape index (κ3) is 2.58. The number of quaternary nitrogens is 1. The molecule has 0 aromatic carbocycles. The monoisotopic (exact) mass is 268 g/mol. The van der Waals surface area contributed by atoms with Crippen LogP contribution in [0.3, 0.4) is 0 Å². The Labute approximate surface area is 116 Å². The van der Waals surface area contributed by atoms with Gasteiger partial charge >= 0.3 is 5.91 Å². The molecule has 110 valence electrons. The van der Waals surface area contributed by atoms with Crippen LogP contribution in [-0.4, -0.2) is 34.2 Å². The molecule has 1 aliphatic carbocycles. The van der Waals surface area contributed by atoms with Gasteiger partial charge in [-0.05, 0) is 40.5 Å². The van der Waals surface area contributed by atoms with Crippen LogP contribution >= 0.6 is 0 Å². The van der Waals surface area contributed by atoms with Gasteiger partial charge in [-0.15, -0.1) is 0 Å². The van der Waals surface area contributed by atoms with Crippen LogP contribution in [0.15, 0.2) is 0 Å². The van der Waals surface area contributed by atoms with Crippen molar-refractivity contribution >= 4 is 5.91 Å². The number of nitrogens with one attached hydrogen (secondary N) is 1. The zero-order valence-corrected chi connectivity index (χ0v) is 12.8. The molecule has 1 atom stereocenters. The standard InChI is InChI=1S/C15H28N2O2/c1-12(2)17(19)11-14(3,4)16-15(13(17)18)9-7-5-6-8-10-15/h12,16H,5-11H2,1-4H3. The van der Waals surface area contributed by atoms with E-state index in [1.165, 1.54) is 12.8 Å². The second-order valence-corrected chi connectivity index (χ2v) is 7.36. The minimum Gasteiger partial charge on any atom is -0.625 e. The molecule has 0 bridgehead atoms. The predicted octanol–water partition coefficient (Wildman–Crippen LogP) is 2.71. The lowest BCUT2D eigenvalue weighted by atomic mass is 9.81. The summed E-state index contributed by atoms with van der Waals surface area (Å²) in [5, 5.41) is 16.6. The van der Waals surface area contributed by atoms with Crippen molar-refractivity contribution in [2.45, 2.75) is 83.3 Å². The topological polar surface area (TPSA) is 52.2 Å². The Morgan fingerprint density at radius 3 is 2.16 bits per heavy atom. The van der Waals surface area contributed by atoms with Gasteiger partial charge in [-0.1, -0.05) is 25.7 Å². The summed E-state index contributed by atoms with van der Waals surface area (Å²) in [6.07, 6.45) is 6.10. The molecule has 2 rings (SSSR count). The summed E-state index contributed by atoms with van der Waals surface area (Å²) < 4.78 is -0.667. The summed E-state index contributed by atoms with van der Waals surface area (Å²) in [4.78, 5) is 12.9. The van der Waals surface area contributed by atoms with Crippen LogP contribution in [0.25, 0.3) is 0 Å². The molecule has 4 nitrogen and oxygen atoms in total. The summed E-state index contributed by atoms with van der Waals surface area (Å²) in [5.74, 6) is -0.122. The molecule has 1 N–H and O–H groups in total. The Balaban J connectivity index is 2.39. The molecule has 1 saturated carbocycles. The van der Waals surface area contributed by atoms with Gasteiger partial charge in [0.25, 0.3) is 0 Å². The molecule has 1 amide bonds. The van der Waals surface area contributed by atoms with Gasteiger partial charge in [0.15, 0.2) is 0 Å². The molecule has 1 heterocycles. The normalized spacial score (nSPS) is 34.5. The van der Waals surface area contributed by atoms with Crippen molar-refractivity contribution in [3.05, 3.63) is 5.21 Å². The zero-order valence-electron chi connectivity index (χ0n) is 12.8. The highest BCUT2D eigenvalue weighted by molar-refractivity contribution is 5.82. The van der Waals surface area contributed by atoms with Crippen molar-refractivity contribution in [3.8, 4) is 0 Å². The molecule has 1 saturated heterocycles. The van der Waals surface area contributed by atoms with E-state index in [1.54, 1.807) is 0 Å². The van der Waals surface area contributed by atoms with Crippen LogP contribution in [0, 0.1) is 5.21 Å². The first-order valence-corrected chi connectivity index (χ1v) is 7.65. The van der Waals surface area contributed by atoms with Crippen molar-refractivity contribution in [2.24, 2.45) is 0 Å². The van der Waals surface area contributed by atoms with E-state index >= 15 is 0 Å². The van der Waals surface area contributed by atoms with Gasteiger partial charge < -0.3 is 5.21 Å². The van der Waals surface area contributed by atoms with Crippen molar-refractivity contribution in [2.75, 3.05) is 6.54 Å². The first kappa shape index (κ1) is 14.9. The van der Waals surface area contributed by atoms with Crippen molar-refractivity contribution < 1.29 is 9.44 Å². The Morgan fingerprint density at radius 2 is 1.68 bits per heavy atom. The fraction of sp³-hybridized carbons (Fsp3) is 0.933. The molecular weight excluding hydrogens is 240 g/mol. The molecule has 19 heavy (non-hydrogen) atoms. The summed E-state index contributed by atoms with van der Waals surface area (Å²) >= 11 is 0. The van der Waals surface area contributed by atoms with Gasteiger partial charge in [0.05, 0.1) is 11.6 Å². The molecule has 2 aliphatic rings. The Bertz CT molecular complexity index is 357. The van der Waals surface area contributed by atoms with E-state index in [0.29, 0.717) is 6.54 Å². The number of piperazine rings is 1. The fourth-order valence-corrected chi connectivity index (χ4v) is 3.85. The Kier molecular flexibility index (Phi) is 3.80. The van der Waals surface area contributed by atoms with Gasteiger partial charge in [0.1, 0.15) is 12.1 Å². The SMILES string of the molecule is CC(C)[N+]1([O-])CC(C)(C)NC2(CCCCCC2)C1=O. The third-order valence-electron chi connectivity index (χ3n) is 4.75. The molecule has 2 fully saturated rings. The maximum absolute atomic E-state index is 13.1. The average molecular weight is 268 g/mol. The van der Waals surface area contributed by atoms with E-state index in [1.807, 2.05) is 13.8 Å². The average Bonchev–Trinajstić information content (AvgIpc) is 2.51. The summed E-state index contributed by atoms with van der Waals surface area (Å²) in [5.41, 5.74) is -0.853. The zero-order chi connectivity index (χ0) is 14.3. The lowest BCUT2D eigenvalue weighted by Crippen LogP contribution is -2.78. The highest BCUT2D eigenvalue weighted by atomic mass is 16.6. The highest BCUT2D eigenvalue weighted by Crippen LogP contribution is 2.38. The van der Waals surface area contributed by atoms with Crippen molar-refractivity contribution in [1.29, 1.82) is 0 Å². The van der Waals surface area contributed by atoms with Gasteiger partial charge in [0, 0.05) is 0 Å². The second kappa shape index (κ2) is 4.83. The lowest BCUT2D eigenvalue weighted by Gasteiger charge is -2.57. The molecule has 1 aliphatic heterocycles. The van der Waals surface area contributed by atoms with Gasteiger partial charge in [0.2, 0.25) is 0 Å². The number of amides is 1. The van der Waals surface area contributed by atoms with Crippen molar-refractivity contribution in [3.63, 3.8) is 0 Å². The quantitative estimate of drug-likeness (QED) is 0.587. The van der Waals surface area contributed by atoms with Crippen LogP contribution in [0.2, 0.25) is 0 Å². The van der Waals surface area contributed by atoms with E-state index in [9.17, 15) is 10.0 Å². The number of hydrogen-bond acceptors (Lipinski definition) is 3. The van der Waals surface area contributed by atoms with E-state index in [-0.39, 0.29) is 17.5 Å². The maximum Gasteiger partial charge on any atom is 0.334 e. The largest absolute Gasteiger partial charge is 0.625 e. The number of carbonyl (C=O) groups excluding carboxylic acids is 1. The fourth-order valence-electron chi connectivity index (χ4n) is 3.85. The maximum atomic E-state index is 13.1. The predicted molar refractivity (Wildman–Crippen MR) is 76.3 cm³/mol. The highest BCUT2D eigenvalue weighted by Gasteiger charge is 2.56. The van der Waals surface area contributed by atoms with Crippen LogP contribution in [-0.2, 0) is 4.79 Å². The third-order valence-corrected chi connectivity index (χ3v) is 4.75. The number of hydrogen-bond donors (Lipinski definition) is 1. The molecule has 1 unspecified atom stereocenters. The number of carbonyl (C=O) groups is 1. The van der Waals surface area contributed by atoms with E-state index < -0.39 is 10.2 Å². The van der Waals surface area contributed by atoms with E-state index in [2.05, 4.69) is 19.2 Å². The van der Waals surface area contributed by atoms with Crippen molar-refractivity contribution in [1.82, 2.24) is 5.32 Å². The van der Waals surface area contributed by atoms with Gasteiger partial charge in [-0.2, -0.15) is 0 Å². The molecule has 0 aromatic heterocycles. The lowest BCUT2D eigenvalue weighted by molar-refractivity contribution is -0.837. The van der Waals surface area contributed by atoms with Crippen LogP contribution in [0.1, 0.15) is 66.2 Å². The Hall–Kier alpha value is -0.450. The van der Waals surface area contributed by atoms with Crippen LogP contribution < -0.4 is 5.32 Å². The van der Waals surface area contributed by atoms with E-state index in [4.69, 9.17) is 0 Å². The van der Waals surface area contributed by atoms with Crippen LogP contribution in [0.4, 0.5) is 0 Å². The molecule has 0 aromatic rings. The van der Waals surface area contributed by atoms with Gasteiger partial charge in [-0.25, -0.2) is 4.79 Å².